The molecule has 9 heteroatoms. The minimum absolute atomic E-state index is 0.181. The van der Waals surface area contributed by atoms with Crippen molar-refractivity contribution >= 4 is 23.6 Å². The summed E-state index contributed by atoms with van der Waals surface area (Å²) in [4.78, 5) is 15.5. The molecule has 3 aromatic rings. The molecule has 206 valence electrons. The van der Waals surface area contributed by atoms with Gasteiger partial charge in [-0.15, -0.1) is 0 Å². The van der Waals surface area contributed by atoms with Crippen LogP contribution in [0.4, 0.5) is 16.3 Å². The molecule has 5 rings (SSSR count). The minimum Gasteiger partial charge on any atom is -0.491 e. The molecular weight excluding hydrogens is 494 g/mol. The Kier molecular flexibility index (Phi) is 7.90. The topological polar surface area (TPSA) is 89.9 Å². The van der Waals surface area contributed by atoms with E-state index in [0.29, 0.717) is 30.5 Å². The summed E-state index contributed by atoms with van der Waals surface area (Å²) in [7, 11) is 0. The van der Waals surface area contributed by atoms with Crippen LogP contribution in [0, 0.1) is 6.92 Å². The van der Waals surface area contributed by atoms with E-state index in [0.717, 1.165) is 61.1 Å². The summed E-state index contributed by atoms with van der Waals surface area (Å²) in [6.07, 6.45) is 3.92. The zero-order valence-corrected chi connectivity index (χ0v) is 23.1. The van der Waals surface area contributed by atoms with Crippen molar-refractivity contribution in [2.45, 2.75) is 33.1 Å². The fourth-order valence-corrected chi connectivity index (χ4v) is 4.52. The highest BCUT2D eigenvalue weighted by Crippen LogP contribution is 2.39. The normalized spacial score (nSPS) is 15.4. The Balaban J connectivity index is 1.32. The van der Waals surface area contributed by atoms with Gasteiger partial charge in [-0.05, 0) is 43.3 Å². The molecule has 0 unspecified atom stereocenters. The number of hydrogen-bond donors (Lipinski definition) is 2. The van der Waals surface area contributed by atoms with Gasteiger partial charge in [0.1, 0.15) is 24.8 Å². The van der Waals surface area contributed by atoms with E-state index in [4.69, 9.17) is 19.3 Å². The van der Waals surface area contributed by atoms with Gasteiger partial charge in [-0.25, -0.2) is 9.48 Å². The number of morpholine rings is 1. The number of urea groups is 1. The van der Waals surface area contributed by atoms with Crippen molar-refractivity contribution < 1.29 is 19.0 Å². The molecule has 0 bridgehead atoms. The Hall–Kier alpha value is -3.82. The highest BCUT2D eigenvalue weighted by molar-refractivity contribution is 6.01. The second-order valence-electron chi connectivity index (χ2n) is 10.9. The predicted octanol–water partition coefficient (Wildman–Crippen LogP) is 5.24. The molecule has 1 fully saturated rings. The van der Waals surface area contributed by atoms with Crippen molar-refractivity contribution in [3.8, 4) is 17.2 Å². The van der Waals surface area contributed by atoms with Gasteiger partial charge in [-0.3, -0.25) is 10.2 Å². The first-order valence-corrected chi connectivity index (χ1v) is 13.4. The van der Waals surface area contributed by atoms with Crippen LogP contribution < -0.4 is 20.1 Å². The van der Waals surface area contributed by atoms with Gasteiger partial charge in [0.15, 0.2) is 5.75 Å². The Morgan fingerprint density at radius 2 is 1.85 bits per heavy atom. The molecule has 9 nitrogen and oxygen atoms in total. The van der Waals surface area contributed by atoms with Gasteiger partial charge in [0.2, 0.25) is 0 Å². The molecule has 0 radical (unpaired) electrons. The number of carbonyl (C=O) groups is 1. The second kappa shape index (κ2) is 11.5. The number of rotatable bonds is 7. The highest BCUT2D eigenvalue weighted by atomic mass is 16.5. The van der Waals surface area contributed by atoms with Crippen molar-refractivity contribution in [3.63, 3.8) is 0 Å². The first-order valence-electron chi connectivity index (χ1n) is 13.4. The van der Waals surface area contributed by atoms with Gasteiger partial charge in [-0.1, -0.05) is 38.5 Å². The van der Waals surface area contributed by atoms with Crippen LogP contribution in [0.1, 0.15) is 37.6 Å². The molecule has 3 heterocycles. The first-order chi connectivity index (χ1) is 18.8. The fraction of sp³-hybridized carbons (Fsp3) is 0.400. The second-order valence-corrected chi connectivity index (χ2v) is 10.9. The summed E-state index contributed by atoms with van der Waals surface area (Å²) in [6, 6.07) is 13.3. The number of aromatic nitrogens is 2. The number of amides is 2. The maximum absolute atomic E-state index is 13.2. The average molecular weight is 532 g/mol. The molecule has 2 aliphatic heterocycles. The van der Waals surface area contributed by atoms with Crippen LogP contribution in [0.3, 0.4) is 0 Å². The summed E-state index contributed by atoms with van der Waals surface area (Å²) >= 11 is 0. The molecule has 2 N–H and O–H groups in total. The summed E-state index contributed by atoms with van der Waals surface area (Å²) in [5.41, 5.74) is 4.12. The maximum Gasteiger partial charge on any atom is 0.324 e. The van der Waals surface area contributed by atoms with Crippen LogP contribution in [-0.2, 0) is 10.2 Å². The molecule has 0 atom stereocenters. The number of hydrogen-bond acceptors (Lipinski definition) is 6. The number of ether oxygens (including phenoxy) is 3. The zero-order valence-electron chi connectivity index (χ0n) is 23.1. The first kappa shape index (κ1) is 26.8. The molecule has 2 amide bonds. The molecule has 0 saturated carbocycles. The van der Waals surface area contributed by atoms with Crippen LogP contribution in [-0.4, -0.2) is 66.8 Å². The summed E-state index contributed by atoms with van der Waals surface area (Å²) in [5.74, 6) is 1.91. The lowest BCUT2D eigenvalue weighted by atomic mass is 9.92. The average Bonchev–Trinajstić information content (AvgIpc) is 3.35. The van der Waals surface area contributed by atoms with E-state index < -0.39 is 0 Å². The van der Waals surface area contributed by atoms with E-state index >= 15 is 0 Å². The van der Waals surface area contributed by atoms with Gasteiger partial charge in [-0.2, -0.15) is 5.10 Å². The molecular formula is C30H37N5O4. The third-order valence-electron chi connectivity index (χ3n) is 6.78. The van der Waals surface area contributed by atoms with Crippen molar-refractivity contribution in [3.05, 3.63) is 65.4 Å². The quantitative estimate of drug-likeness (QED) is 0.434. The van der Waals surface area contributed by atoms with E-state index in [1.54, 1.807) is 4.68 Å². The monoisotopic (exact) mass is 531 g/mol. The van der Waals surface area contributed by atoms with E-state index in [2.05, 4.69) is 36.3 Å². The number of aryl methyl sites for hydroxylation is 1. The Morgan fingerprint density at radius 3 is 2.59 bits per heavy atom. The zero-order chi connectivity index (χ0) is 27.4. The maximum atomic E-state index is 13.2. The molecule has 2 aliphatic rings. The van der Waals surface area contributed by atoms with Gasteiger partial charge in [0, 0.05) is 31.1 Å². The number of nitrogens with zero attached hydrogens (tertiary/aromatic N) is 3. The lowest BCUT2D eigenvalue weighted by molar-refractivity contribution is 0.0322. The third kappa shape index (κ3) is 6.43. The van der Waals surface area contributed by atoms with Crippen molar-refractivity contribution in [2.24, 2.45) is 0 Å². The number of carbonyl (C=O) groups excluding carboxylic acids is 1. The Bertz CT molecular complexity index is 1330. The number of anilines is 2. The SMILES string of the molecule is Cc1ccc(-n2nc(C(C)(C)C)cc2NC(=O)Nc2ccc(OCCN3CCOCC3)c3c2OCC=C3)cc1. The summed E-state index contributed by atoms with van der Waals surface area (Å²) in [6.45, 7) is 13.5. The Labute approximate surface area is 229 Å². The van der Waals surface area contributed by atoms with Crippen LogP contribution in [0.25, 0.3) is 11.8 Å². The third-order valence-corrected chi connectivity index (χ3v) is 6.78. The lowest BCUT2D eigenvalue weighted by Gasteiger charge is -2.26. The van der Waals surface area contributed by atoms with Crippen molar-refractivity contribution in [2.75, 3.05) is 56.7 Å². The van der Waals surface area contributed by atoms with Crippen LogP contribution in [0.15, 0.2) is 48.5 Å². The molecule has 39 heavy (non-hydrogen) atoms. The number of fused-ring (bicyclic) bond motifs is 1. The van der Waals surface area contributed by atoms with Gasteiger partial charge in [0.25, 0.3) is 0 Å². The van der Waals surface area contributed by atoms with Gasteiger partial charge >= 0.3 is 6.03 Å². The van der Waals surface area contributed by atoms with Crippen LogP contribution >= 0.6 is 0 Å². The fourth-order valence-electron chi connectivity index (χ4n) is 4.52. The molecule has 0 spiro atoms. The van der Waals surface area contributed by atoms with Gasteiger partial charge in [0.05, 0.1) is 35.8 Å². The highest BCUT2D eigenvalue weighted by Gasteiger charge is 2.23. The van der Waals surface area contributed by atoms with Crippen molar-refractivity contribution in [1.29, 1.82) is 0 Å². The molecule has 2 aromatic carbocycles. The number of nitrogens with one attached hydrogen (secondary N) is 2. The van der Waals surface area contributed by atoms with Crippen LogP contribution in [0.2, 0.25) is 0 Å². The van der Waals surface area contributed by atoms with E-state index in [-0.39, 0.29) is 11.4 Å². The molecule has 1 aromatic heterocycles. The predicted molar refractivity (Wildman–Crippen MR) is 153 cm³/mol. The summed E-state index contributed by atoms with van der Waals surface area (Å²) < 4.78 is 19.2. The molecule has 0 aliphatic carbocycles. The van der Waals surface area contributed by atoms with Crippen LogP contribution in [0.5, 0.6) is 11.5 Å². The largest absolute Gasteiger partial charge is 0.491 e. The Morgan fingerprint density at radius 1 is 1.08 bits per heavy atom. The minimum atomic E-state index is -0.384. The van der Waals surface area contributed by atoms with E-state index in [1.807, 2.05) is 61.5 Å². The molecule has 1 saturated heterocycles. The number of benzene rings is 2. The van der Waals surface area contributed by atoms with E-state index in [1.165, 1.54) is 0 Å². The smallest absolute Gasteiger partial charge is 0.324 e. The van der Waals surface area contributed by atoms with E-state index in [9.17, 15) is 4.79 Å². The standard InChI is InChI=1S/C30H37N5O4/c1-21-7-9-22(10-8-21)35-27(20-26(33-35)30(2,3)4)32-29(36)31-24-11-12-25(23-6-5-16-39-28(23)24)38-19-15-34-13-17-37-18-14-34/h5-12,20H,13-19H2,1-4H3,(H2,31,32,36). The summed E-state index contributed by atoms with van der Waals surface area (Å²) in [5, 5.41) is 10.7. The van der Waals surface area contributed by atoms with Crippen molar-refractivity contribution in [1.82, 2.24) is 14.7 Å². The lowest BCUT2D eigenvalue weighted by Crippen LogP contribution is -2.38. The van der Waals surface area contributed by atoms with Gasteiger partial charge < -0.3 is 19.5 Å².